The normalized spacial score (nSPS) is 10.9. The number of aromatic nitrogens is 4. The second-order valence-electron chi connectivity index (χ2n) is 5.68. The van der Waals surface area contributed by atoms with Crippen LogP contribution in [0.2, 0.25) is 0 Å². The lowest BCUT2D eigenvalue weighted by Gasteiger charge is -2.13. The molecule has 0 spiro atoms. The van der Waals surface area contributed by atoms with Gasteiger partial charge in [-0.1, -0.05) is 11.2 Å². The van der Waals surface area contributed by atoms with Gasteiger partial charge in [0.25, 0.3) is 5.91 Å². The summed E-state index contributed by atoms with van der Waals surface area (Å²) in [6, 6.07) is 11.3. The number of nitrogens with zero attached hydrogens (tertiary/aromatic N) is 5. The molecule has 7 nitrogen and oxygen atoms in total. The minimum atomic E-state index is -0.107. The predicted molar refractivity (Wildman–Crippen MR) is 90.7 cm³/mol. The van der Waals surface area contributed by atoms with Crippen LogP contribution in [0.15, 0.2) is 65.7 Å². The molecule has 0 bridgehead atoms. The highest BCUT2D eigenvalue weighted by Gasteiger charge is 2.17. The molecular weight excluding hydrogens is 318 g/mol. The van der Waals surface area contributed by atoms with Gasteiger partial charge >= 0.3 is 0 Å². The molecular formula is C18H15N5O2. The summed E-state index contributed by atoms with van der Waals surface area (Å²) in [6.45, 7) is 0.234. The number of hydrogen-bond acceptors (Lipinski definition) is 5. The Bertz CT molecular complexity index is 989. The van der Waals surface area contributed by atoms with Gasteiger partial charge in [0.2, 0.25) is 11.7 Å². The summed E-state index contributed by atoms with van der Waals surface area (Å²) in [5.41, 5.74) is 2.35. The molecule has 0 fully saturated rings. The maximum absolute atomic E-state index is 12.6. The summed E-state index contributed by atoms with van der Waals surface area (Å²) < 4.78 is 7.16. The van der Waals surface area contributed by atoms with Crippen molar-refractivity contribution >= 4 is 11.4 Å². The van der Waals surface area contributed by atoms with E-state index in [4.69, 9.17) is 4.52 Å². The van der Waals surface area contributed by atoms with E-state index in [2.05, 4.69) is 15.1 Å². The van der Waals surface area contributed by atoms with Gasteiger partial charge in [0, 0.05) is 42.9 Å². The van der Waals surface area contributed by atoms with Crippen molar-refractivity contribution in [3.63, 3.8) is 0 Å². The van der Waals surface area contributed by atoms with Gasteiger partial charge in [-0.15, -0.1) is 0 Å². The van der Waals surface area contributed by atoms with Crippen molar-refractivity contribution in [2.24, 2.45) is 0 Å². The first-order valence-electron chi connectivity index (χ1n) is 7.76. The smallest absolute Gasteiger partial charge is 0.255 e. The summed E-state index contributed by atoms with van der Waals surface area (Å²) in [7, 11) is 1.71. The van der Waals surface area contributed by atoms with E-state index in [0.717, 1.165) is 11.1 Å². The number of rotatable bonds is 4. The number of pyridine rings is 2. The molecule has 4 heterocycles. The Kier molecular flexibility index (Phi) is 3.74. The molecule has 4 rings (SSSR count). The molecule has 0 saturated carbocycles. The molecule has 0 unspecified atom stereocenters. The zero-order valence-electron chi connectivity index (χ0n) is 13.5. The van der Waals surface area contributed by atoms with Crippen LogP contribution in [0, 0.1) is 0 Å². The van der Waals surface area contributed by atoms with E-state index in [-0.39, 0.29) is 12.5 Å². The van der Waals surface area contributed by atoms with Gasteiger partial charge in [-0.25, -0.2) is 0 Å². The third-order valence-electron chi connectivity index (χ3n) is 3.86. The molecule has 25 heavy (non-hydrogen) atoms. The Morgan fingerprint density at radius 2 is 2.20 bits per heavy atom. The van der Waals surface area contributed by atoms with Crippen LogP contribution in [-0.2, 0) is 6.54 Å². The molecule has 4 aromatic rings. The quantitative estimate of drug-likeness (QED) is 0.574. The Morgan fingerprint density at radius 1 is 1.28 bits per heavy atom. The second kappa shape index (κ2) is 6.20. The Morgan fingerprint density at radius 3 is 3.00 bits per heavy atom. The lowest BCUT2D eigenvalue weighted by atomic mass is 10.3. The molecule has 0 atom stereocenters. The summed E-state index contributed by atoms with van der Waals surface area (Å²) in [4.78, 5) is 22.5. The Balaban J connectivity index is 1.50. The number of carbonyl (C=O) groups is 1. The summed E-state index contributed by atoms with van der Waals surface area (Å²) >= 11 is 0. The first-order valence-corrected chi connectivity index (χ1v) is 7.76. The predicted octanol–water partition coefficient (Wildman–Crippen LogP) is 2.66. The van der Waals surface area contributed by atoms with E-state index < -0.39 is 0 Å². The van der Waals surface area contributed by atoms with Gasteiger partial charge in [0.15, 0.2) is 0 Å². The SMILES string of the molecule is CN(Cc1nc(-c2cccnc2)no1)C(=O)c1cc2ccccn2c1. The second-order valence-corrected chi connectivity index (χ2v) is 5.68. The number of fused-ring (bicyclic) bond motifs is 1. The largest absolute Gasteiger partial charge is 0.337 e. The molecule has 4 aromatic heterocycles. The van der Waals surface area contributed by atoms with Gasteiger partial charge in [-0.2, -0.15) is 4.98 Å². The summed E-state index contributed by atoms with van der Waals surface area (Å²) in [5.74, 6) is 0.724. The highest BCUT2D eigenvalue weighted by atomic mass is 16.5. The van der Waals surface area contributed by atoms with E-state index >= 15 is 0 Å². The van der Waals surface area contributed by atoms with Crippen molar-refractivity contribution in [3.8, 4) is 11.4 Å². The molecule has 0 radical (unpaired) electrons. The van der Waals surface area contributed by atoms with Crippen LogP contribution in [-0.4, -0.2) is 37.4 Å². The molecule has 0 aliphatic carbocycles. The lowest BCUT2D eigenvalue weighted by Crippen LogP contribution is -2.26. The van der Waals surface area contributed by atoms with Crippen molar-refractivity contribution in [3.05, 3.63) is 72.6 Å². The third-order valence-corrected chi connectivity index (χ3v) is 3.86. The van der Waals surface area contributed by atoms with Crippen LogP contribution in [0.5, 0.6) is 0 Å². The third kappa shape index (κ3) is 2.99. The Hall–Kier alpha value is -3.48. The van der Waals surface area contributed by atoms with Crippen molar-refractivity contribution in [2.45, 2.75) is 6.54 Å². The van der Waals surface area contributed by atoms with E-state index in [1.54, 1.807) is 30.4 Å². The van der Waals surface area contributed by atoms with Gasteiger partial charge in [0.1, 0.15) is 0 Å². The fourth-order valence-corrected chi connectivity index (χ4v) is 2.60. The highest BCUT2D eigenvalue weighted by molar-refractivity contribution is 5.95. The van der Waals surface area contributed by atoms with E-state index in [9.17, 15) is 4.79 Å². The molecule has 124 valence electrons. The molecule has 0 aliphatic heterocycles. The van der Waals surface area contributed by atoms with Crippen molar-refractivity contribution < 1.29 is 9.32 Å². The average molecular weight is 333 g/mol. The van der Waals surface area contributed by atoms with Gasteiger partial charge in [-0.05, 0) is 30.3 Å². The number of carbonyl (C=O) groups excluding carboxylic acids is 1. The molecule has 0 aromatic carbocycles. The number of hydrogen-bond donors (Lipinski definition) is 0. The Labute approximate surface area is 143 Å². The van der Waals surface area contributed by atoms with Crippen LogP contribution in [0.3, 0.4) is 0 Å². The van der Waals surface area contributed by atoms with Crippen molar-refractivity contribution in [2.75, 3.05) is 7.05 Å². The van der Waals surface area contributed by atoms with Gasteiger partial charge < -0.3 is 13.8 Å². The summed E-state index contributed by atoms with van der Waals surface area (Å²) in [6.07, 6.45) is 7.06. The lowest BCUT2D eigenvalue weighted by molar-refractivity contribution is 0.0769. The molecule has 0 N–H and O–H groups in total. The van der Waals surface area contributed by atoms with Crippen LogP contribution in [0.4, 0.5) is 0 Å². The zero-order chi connectivity index (χ0) is 17.2. The average Bonchev–Trinajstić information content (AvgIpc) is 3.28. The van der Waals surface area contributed by atoms with Crippen LogP contribution in [0.1, 0.15) is 16.2 Å². The van der Waals surface area contributed by atoms with Crippen molar-refractivity contribution in [1.29, 1.82) is 0 Å². The maximum Gasteiger partial charge on any atom is 0.255 e. The molecule has 1 amide bonds. The van der Waals surface area contributed by atoms with Crippen LogP contribution >= 0.6 is 0 Å². The monoisotopic (exact) mass is 333 g/mol. The molecule has 0 saturated heterocycles. The first kappa shape index (κ1) is 15.1. The van der Waals surface area contributed by atoms with E-state index in [1.807, 2.05) is 47.1 Å². The minimum Gasteiger partial charge on any atom is -0.337 e. The fourth-order valence-electron chi connectivity index (χ4n) is 2.60. The van der Waals surface area contributed by atoms with Crippen LogP contribution < -0.4 is 0 Å². The van der Waals surface area contributed by atoms with Crippen LogP contribution in [0.25, 0.3) is 16.9 Å². The van der Waals surface area contributed by atoms with Crippen molar-refractivity contribution in [1.82, 2.24) is 24.4 Å². The maximum atomic E-state index is 12.6. The highest BCUT2D eigenvalue weighted by Crippen LogP contribution is 2.16. The molecule has 0 aliphatic rings. The number of amides is 1. The van der Waals surface area contributed by atoms with Gasteiger partial charge in [0.05, 0.1) is 12.1 Å². The fraction of sp³-hybridized carbons (Fsp3) is 0.111. The molecule has 7 heteroatoms. The first-order chi connectivity index (χ1) is 12.2. The van der Waals surface area contributed by atoms with Gasteiger partial charge in [-0.3, -0.25) is 9.78 Å². The van der Waals surface area contributed by atoms with E-state index in [0.29, 0.717) is 17.3 Å². The van der Waals surface area contributed by atoms with E-state index in [1.165, 1.54) is 0 Å². The zero-order valence-corrected chi connectivity index (χ0v) is 13.5. The topological polar surface area (TPSA) is 76.5 Å². The summed E-state index contributed by atoms with van der Waals surface area (Å²) in [5, 5.41) is 3.94. The standard InChI is InChI=1S/C18H15N5O2/c1-22(18(24)14-9-15-6-2-3-8-23(15)11-14)12-16-20-17(21-25-16)13-5-4-7-19-10-13/h2-11H,12H2,1H3. The minimum absolute atomic E-state index is 0.107.